The Morgan fingerprint density at radius 1 is 0.567 bits per heavy atom. The maximum Gasteiger partial charge on any atom is 0.344 e. The predicted molar refractivity (Wildman–Crippen MR) is 112 cm³/mol. The molecule has 30 heavy (non-hydrogen) atoms. The van der Waals surface area contributed by atoms with Crippen molar-refractivity contribution in [2.24, 2.45) is 0 Å². The minimum absolute atomic E-state index is 0.0858. The zero-order valence-corrected chi connectivity index (χ0v) is 16.8. The highest BCUT2D eigenvalue weighted by atomic mass is 16.6. The fraction of sp³-hybridized carbons (Fsp3) is 0.167. The number of rotatable bonds is 8. The fourth-order valence-electron chi connectivity index (χ4n) is 2.77. The second-order valence-electron chi connectivity index (χ2n) is 6.08. The van der Waals surface area contributed by atoms with Crippen LogP contribution < -0.4 is 18.9 Å². The first-order valence-corrected chi connectivity index (χ1v) is 9.61. The average Bonchev–Trinajstić information content (AvgIpc) is 2.77. The summed E-state index contributed by atoms with van der Waals surface area (Å²) in [4.78, 5) is 25.6. The van der Waals surface area contributed by atoms with Crippen LogP contribution in [0.3, 0.4) is 0 Å². The van der Waals surface area contributed by atoms with Crippen molar-refractivity contribution < 1.29 is 28.5 Å². The summed E-state index contributed by atoms with van der Waals surface area (Å²) >= 11 is 0. The number of carbonyl (C=O) groups is 2. The summed E-state index contributed by atoms with van der Waals surface area (Å²) < 4.78 is 21.9. The molecule has 0 bridgehead atoms. The first-order valence-electron chi connectivity index (χ1n) is 9.61. The van der Waals surface area contributed by atoms with Gasteiger partial charge in [0.15, 0.2) is 23.0 Å². The summed E-state index contributed by atoms with van der Waals surface area (Å²) in [6, 6.07) is 20.0. The summed E-state index contributed by atoms with van der Waals surface area (Å²) in [5, 5.41) is 0. The van der Waals surface area contributed by atoms with E-state index >= 15 is 0 Å². The minimum atomic E-state index is -0.687. The number of hydrogen-bond donors (Lipinski definition) is 0. The molecule has 0 aliphatic carbocycles. The normalized spacial score (nSPS) is 10.2. The molecule has 0 atom stereocenters. The van der Waals surface area contributed by atoms with Crippen molar-refractivity contribution >= 4 is 11.9 Å². The number of esters is 2. The molecular formula is C24H22O6. The van der Waals surface area contributed by atoms with Gasteiger partial charge in [-0.3, -0.25) is 0 Å². The lowest BCUT2D eigenvalue weighted by Gasteiger charge is -2.13. The standard InChI is InChI=1S/C24H22O6/c1-3-27-19-13-7-9-15-21(19)29-23(25)17-11-5-6-12-18(17)24(26)30-22-16-10-8-14-20(22)28-4-2/h5-16H,3-4H2,1-2H3. The van der Waals surface area contributed by atoms with E-state index in [0.717, 1.165) is 0 Å². The molecule has 0 aliphatic rings. The zero-order valence-electron chi connectivity index (χ0n) is 16.8. The van der Waals surface area contributed by atoms with E-state index in [4.69, 9.17) is 18.9 Å². The Hall–Kier alpha value is -3.80. The van der Waals surface area contributed by atoms with Gasteiger partial charge >= 0.3 is 11.9 Å². The first-order chi connectivity index (χ1) is 14.6. The van der Waals surface area contributed by atoms with Gasteiger partial charge in [0.05, 0.1) is 24.3 Å². The van der Waals surface area contributed by atoms with Crippen LogP contribution >= 0.6 is 0 Å². The average molecular weight is 406 g/mol. The maximum atomic E-state index is 12.8. The van der Waals surface area contributed by atoms with E-state index in [1.54, 1.807) is 60.7 Å². The van der Waals surface area contributed by atoms with Crippen LogP contribution in [0.15, 0.2) is 72.8 Å². The third-order valence-corrected chi connectivity index (χ3v) is 4.07. The highest BCUT2D eigenvalue weighted by Crippen LogP contribution is 2.29. The Bertz CT molecular complexity index is 945. The number of para-hydroxylation sites is 4. The molecule has 0 spiro atoms. The van der Waals surface area contributed by atoms with Crippen molar-refractivity contribution in [1.29, 1.82) is 0 Å². The van der Waals surface area contributed by atoms with Gasteiger partial charge in [-0.05, 0) is 50.2 Å². The van der Waals surface area contributed by atoms with E-state index in [-0.39, 0.29) is 22.6 Å². The number of benzene rings is 3. The molecule has 6 nitrogen and oxygen atoms in total. The maximum absolute atomic E-state index is 12.8. The molecular weight excluding hydrogens is 384 g/mol. The van der Waals surface area contributed by atoms with Gasteiger partial charge in [0.2, 0.25) is 0 Å². The summed E-state index contributed by atoms with van der Waals surface area (Å²) in [7, 11) is 0. The lowest BCUT2D eigenvalue weighted by molar-refractivity contribution is 0.0686. The largest absolute Gasteiger partial charge is 0.490 e. The summed E-state index contributed by atoms with van der Waals surface area (Å²) in [5.74, 6) is 0.0575. The fourth-order valence-corrected chi connectivity index (χ4v) is 2.77. The molecule has 0 saturated heterocycles. The lowest BCUT2D eigenvalue weighted by Crippen LogP contribution is -2.18. The quantitative estimate of drug-likeness (QED) is 0.391. The van der Waals surface area contributed by atoms with Crippen LogP contribution in [0.4, 0.5) is 0 Å². The molecule has 0 amide bonds. The summed E-state index contributed by atoms with van der Waals surface area (Å²) in [6.45, 7) is 4.53. The van der Waals surface area contributed by atoms with Crippen LogP contribution in [0.5, 0.6) is 23.0 Å². The van der Waals surface area contributed by atoms with Crippen molar-refractivity contribution in [2.75, 3.05) is 13.2 Å². The van der Waals surface area contributed by atoms with Gasteiger partial charge < -0.3 is 18.9 Å². The highest BCUT2D eigenvalue weighted by Gasteiger charge is 2.22. The Morgan fingerprint density at radius 2 is 0.900 bits per heavy atom. The van der Waals surface area contributed by atoms with Gasteiger partial charge in [0.25, 0.3) is 0 Å². The van der Waals surface area contributed by atoms with E-state index in [1.165, 1.54) is 12.1 Å². The molecule has 6 heteroatoms. The van der Waals surface area contributed by atoms with E-state index in [2.05, 4.69) is 0 Å². The molecule has 0 fully saturated rings. The second kappa shape index (κ2) is 10.1. The van der Waals surface area contributed by atoms with Gasteiger partial charge in [-0.1, -0.05) is 36.4 Å². The Balaban J connectivity index is 1.84. The zero-order chi connectivity index (χ0) is 21.3. The molecule has 3 aromatic carbocycles. The highest BCUT2D eigenvalue weighted by molar-refractivity contribution is 6.04. The Labute approximate surface area is 175 Å². The molecule has 154 valence electrons. The van der Waals surface area contributed by atoms with Crippen LogP contribution in [0, 0.1) is 0 Å². The molecule has 3 rings (SSSR count). The third-order valence-electron chi connectivity index (χ3n) is 4.07. The molecule has 0 unspecified atom stereocenters. The van der Waals surface area contributed by atoms with Crippen molar-refractivity contribution in [3.63, 3.8) is 0 Å². The molecule has 3 aromatic rings. The van der Waals surface area contributed by atoms with Crippen LogP contribution in [0.2, 0.25) is 0 Å². The van der Waals surface area contributed by atoms with Gasteiger partial charge in [0.1, 0.15) is 0 Å². The van der Waals surface area contributed by atoms with Gasteiger partial charge in [-0.15, -0.1) is 0 Å². The van der Waals surface area contributed by atoms with Gasteiger partial charge in [-0.25, -0.2) is 9.59 Å². The van der Waals surface area contributed by atoms with Crippen LogP contribution in [-0.2, 0) is 0 Å². The van der Waals surface area contributed by atoms with Crippen LogP contribution in [0.1, 0.15) is 34.6 Å². The van der Waals surface area contributed by atoms with Crippen LogP contribution in [0.25, 0.3) is 0 Å². The molecule has 0 aliphatic heterocycles. The van der Waals surface area contributed by atoms with Crippen molar-refractivity contribution in [3.8, 4) is 23.0 Å². The van der Waals surface area contributed by atoms with E-state index < -0.39 is 11.9 Å². The van der Waals surface area contributed by atoms with Gasteiger partial charge in [0, 0.05) is 0 Å². The molecule has 0 aromatic heterocycles. The Kier molecular flexibility index (Phi) is 7.05. The molecule has 0 saturated carbocycles. The number of ether oxygens (including phenoxy) is 4. The van der Waals surface area contributed by atoms with E-state index in [9.17, 15) is 9.59 Å². The first kappa shape index (κ1) is 20.9. The van der Waals surface area contributed by atoms with Crippen molar-refractivity contribution in [1.82, 2.24) is 0 Å². The Morgan fingerprint density at radius 3 is 1.27 bits per heavy atom. The predicted octanol–water partition coefficient (Wildman–Crippen LogP) is 4.92. The molecule has 0 heterocycles. The minimum Gasteiger partial charge on any atom is -0.490 e. The number of carbonyl (C=O) groups excluding carboxylic acids is 2. The topological polar surface area (TPSA) is 71.1 Å². The summed E-state index contributed by atoms with van der Waals surface area (Å²) in [6.07, 6.45) is 0. The van der Waals surface area contributed by atoms with Crippen molar-refractivity contribution in [3.05, 3.63) is 83.9 Å². The summed E-state index contributed by atoms with van der Waals surface area (Å²) in [5.41, 5.74) is 0.172. The van der Waals surface area contributed by atoms with Gasteiger partial charge in [-0.2, -0.15) is 0 Å². The lowest BCUT2D eigenvalue weighted by atomic mass is 10.1. The number of hydrogen-bond acceptors (Lipinski definition) is 6. The van der Waals surface area contributed by atoms with E-state index in [1.807, 2.05) is 13.8 Å². The monoisotopic (exact) mass is 406 g/mol. The van der Waals surface area contributed by atoms with Crippen molar-refractivity contribution in [2.45, 2.75) is 13.8 Å². The second-order valence-corrected chi connectivity index (χ2v) is 6.08. The molecule has 0 N–H and O–H groups in total. The smallest absolute Gasteiger partial charge is 0.344 e. The molecule has 0 radical (unpaired) electrons. The van der Waals surface area contributed by atoms with E-state index in [0.29, 0.717) is 24.7 Å². The SMILES string of the molecule is CCOc1ccccc1OC(=O)c1ccccc1C(=O)Oc1ccccc1OCC. The third kappa shape index (κ3) is 4.97. The van der Waals surface area contributed by atoms with Crippen LogP contribution in [-0.4, -0.2) is 25.2 Å².